The van der Waals surface area contributed by atoms with Gasteiger partial charge in [0.2, 0.25) is 0 Å². The first-order valence-corrected chi connectivity index (χ1v) is 8.38. The van der Waals surface area contributed by atoms with Gasteiger partial charge in [0, 0.05) is 24.2 Å². The second-order valence-corrected chi connectivity index (χ2v) is 6.82. The van der Waals surface area contributed by atoms with Crippen LogP contribution in [0.15, 0.2) is 23.0 Å². The lowest BCUT2D eigenvalue weighted by molar-refractivity contribution is 0.150. The zero-order valence-electron chi connectivity index (χ0n) is 13.9. The number of nitrogens with zero attached hydrogens (tertiary/aromatic N) is 2. The third kappa shape index (κ3) is 2.39. The fraction of sp³-hybridized carbons (Fsp3) is 0.529. The van der Waals surface area contributed by atoms with Gasteiger partial charge in [0.05, 0.1) is 18.1 Å². The molecule has 2 atom stereocenters. The number of aromatic amines is 1. The van der Waals surface area contributed by atoms with Gasteiger partial charge in [0.1, 0.15) is 5.75 Å². The van der Waals surface area contributed by atoms with E-state index in [-0.39, 0.29) is 12.1 Å². The molecule has 2 aliphatic rings. The molecule has 2 aromatic rings. The Morgan fingerprint density at radius 1 is 1.29 bits per heavy atom. The Hall–Kier alpha value is -2.28. The van der Waals surface area contributed by atoms with Gasteiger partial charge in [-0.1, -0.05) is 0 Å². The van der Waals surface area contributed by atoms with Crippen molar-refractivity contribution >= 4 is 17.1 Å². The fourth-order valence-corrected chi connectivity index (χ4v) is 4.18. The van der Waals surface area contributed by atoms with E-state index in [1.165, 1.54) is 12.8 Å². The number of H-pyrrole nitrogens is 1. The van der Waals surface area contributed by atoms with Crippen LogP contribution in [0.3, 0.4) is 0 Å². The molecular weight excluding hydrogens is 308 g/mol. The van der Waals surface area contributed by atoms with Crippen molar-refractivity contribution in [2.24, 2.45) is 0 Å². The summed E-state index contributed by atoms with van der Waals surface area (Å²) in [4.78, 5) is 30.1. The summed E-state index contributed by atoms with van der Waals surface area (Å²) in [5.74, 6) is 0.611. The number of carbonyl (C=O) groups is 1. The quantitative estimate of drug-likeness (QED) is 0.875. The largest absolute Gasteiger partial charge is 0.497 e. The van der Waals surface area contributed by atoms with Gasteiger partial charge in [-0.2, -0.15) is 0 Å². The fourth-order valence-electron chi connectivity index (χ4n) is 4.18. The van der Waals surface area contributed by atoms with Crippen molar-refractivity contribution in [3.63, 3.8) is 0 Å². The van der Waals surface area contributed by atoms with Crippen LogP contribution in [-0.4, -0.2) is 52.8 Å². The molecule has 2 saturated heterocycles. The van der Waals surface area contributed by atoms with Gasteiger partial charge in [0.25, 0.3) is 0 Å². The Balaban J connectivity index is 1.60. The zero-order chi connectivity index (χ0) is 16.8. The molecule has 2 aliphatic heterocycles. The highest BCUT2D eigenvalue weighted by molar-refractivity contribution is 5.89. The topological polar surface area (TPSA) is 79.4 Å². The molecule has 2 N–H and O–H groups in total. The monoisotopic (exact) mass is 330 g/mol. The second kappa shape index (κ2) is 5.66. The van der Waals surface area contributed by atoms with Gasteiger partial charge >= 0.3 is 11.7 Å². The number of carbonyl (C=O) groups excluding carboxylic acids is 1. The number of piperidine rings is 1. The van der Waals surface area contributed by atoms with Crippen LogP contribution in [0.4, 0.5) is 4.79 Å². The van der Waals surface area contributed by atoms with Crippen molar-refractivity contribution in [3.8, 4) is 5.75 Å². The Morgan fingerprint density at radius 2 is 2.00 bits per heavy atom. The summed E-state index contributed by atoms with van der Waals surface area (Å²) in [5.41, 5.74) is 0.735. The molecule has 0 unspecified atom stereocenters. The number of benzene rings is 1. The minimum absolute atomic E-state index is 0.119. The number of imidazole rings is 1. The van der Waals surface area contributed by atoms with Crippen LogP contribution in [0.25, 0.3) is 11.0 Å². The third-order valence-electron chi connectivity index (χ3n) is 5.52. The van der Waals surface area contributed by atoms with E-state index < -0.39 is 5.69 Å². The van der Waals surface area contributed by atoms with Crippen LogP contribution in [0.2, 0.25) is 0 Å². The standard InChI is InChI=1S/C17H22N4O3/c1-20-11-3-4-12(20)8-10(7-11)18-16(22)21-15-9-13(24-2)5-6-14(15)19-17(21)23/h5-6,9-12H,3-4,7-8H2,1-2H3,(H,18,22)(H,19,23)/t11-,12-/m0/s1. The van der Waals surface area contributed by atoms with Crippen molar-refractivity contribution in [2.75, 3.05) is 14.2 Å². The summed E-state index contributed by atoms with van der Waals surface area (Å²) in [6.07, 6.45) is 4.27. The van der Waals surface area contributed by atoms with Gasteiger partial charge in [-0.05, 0) is 44.9 Å². The lowest BCUT2D eigenvalue weighted by Crippen LogP contribution is -2.50. The summed E-state index contributed by atoms with van der Waals surface area (Å²) >= 11 is 0. The minimum atomic E-state index is -0.424. The van der Waals surface area contributed by atoms with Crippen LogP contribution < -0.4 is 15.7 Å². The van der Waals surface area contributed by atoms with E-state index >= 15 is 0 Å². The molecule has 0 saturated carbocycles. The van der Waals surface area contributed by atoms with Crippen LogP contribution in [0.5, 0.6) is 5.75 Å². The molecule has 1 aromatic carbocycles. The molecule has 4 rings (SSSR count). The summed E-state index contributed by atoms with van der Waals surface area (Å²) in [6, 6.07) is 6.03. The van der Waals surface area contributed by atoms with Gasteiger partial charge in [-0.25, -0.2) is 14.2 Å². The van der Waals surface area contributed by atoms with E-state index in [9.17, 15) is 9.59 Å². The normalized spacial score (nSPS) is 26.7. The average molecular weight is 330 g/mol. The Kier molecular flexibility index (Phi) is 3.60. The van der Waals surface area contributed by atoms with Crippen LogP contribution >= 0.6 is 0 Å². The van der Waals surface area contributed by atoms with Gasteiger partial charge in [-0.15, -0.1) is 0 Å². The smallest absolute Gasteiger partial charge is 0.334 e. The highest BCUT2D eigenvalue weighted by Gasteiger charge is 2.39. The van der Waals surface area contributed by atoms with Crippen LogP contribution in [-0.2, 0) is 0 Å². The van der Waals surface area contributed by atoms with Crippen molar-refractivity contribution in [1.82, 2.24) is 19.8 Å². The number of methoxy groups -OCH3 is 1. The Bertz CT molecular complexity index is 826. The SMILES string of the molecule is COc1ccc2[nH]c(=O)n(C(=O)NC3C[C@@H]4CC[C@@H](C3)N4C)c2c1. The Labute approximate surface area is 139 Å². The number of hydrogen-bond donors (Lipinski definition) is 2. The number of hydrogen-bond acceptors (Lipinski definition) is 4. The predicted molar refractivity (Wildman–Crippen MR) is 90.6 cm³/mol. The number of amides is 1. The zero-order valence-corrected chi connectivity index (χ0v) is 13.9. The predicted octanol–water partition coefficient (Wildman–Crippen LogP) is 1.52. The first kappa shape index (κ1) is 15.3. The maximum Gasteiger partial charge on any atom is 0.334 e. The molecule has 7 heteroatoms. The van der Waals surface area contributed by atoms with Crippen molar-refractivity contribution < 1.29 is 9.53 Å². The van der Waals surface area contributed by atoms with Crippen LogP contribution in [0.1, 0.15) is 25.7 Å². The van der Waals surface area contributed by atoms with E-state index in [2.05, 4.69) is 22.2 Å². The molecule has 24 heavy (non-hydrogen) atoms. The summed E-state index contributed by atoms with van der Waals surface area (Å²) in [7, 11) is 3.72. The maximum absolute atomic E-state index is 12.7. The van der Waals surface area contributed by atoms with E-state index in [1.807, 2.05) is 0 Å². The number of rotatable bonds is 2. The molecule has 0 spiro atoms. The maximum atomic E-state index is 12.7. The molecule has 1 amide bonds. The lowest BCUT2D eigenvalue weighted by Gasteiger charge is -2.36. The van der Waals surface area contributed by atoms with Gasteiger partial charge < -0.3 is 19.9 Å². The molecular formula is C17H22N4O3. The van der Waals surface area contributed by atoms with Crippen molar-refractivity contribution in [3.05, 3.63) is 28.7 Å². The summed E-state index contributed by atoms with van der Waals surface area (Å²) in [5, 5.41) is 3.05. The summed E-state index contributed by atoms with van der Waals surface area (Å²) in [6.45, 7) is 0. The first-order valence-electron chi connectivity index (χ1n) is 8.38. The molecule has 7 nitrogen and oxygen atoms in total. The third-order valence-corrected chi connectivity index (χ3v) is 5.52. The molecule has 1 aromatic heterocycles. The Morgan fingerprint density at radius 3 is 2.67 bits per heavy atom. The van der Waals surface area contributed by atoms with Gasteiger partial charge in [-0.3, -0.25) is 0 Å². The minimum Gasteiger partial charge on any atom is -0.497 e. The molecule has 2 fully saturated rings. The van der Waals surface area contributed by atoms with Crippen LogP contribution in [0, 0.1) is 0 Å². The molecule has 0 aliphatic carbocycles. The molecule has 128 valence electrons. The average Bonchev–Trinajstić information content (AvgIpc) is 2.97. The number of nitrogens with one attached hydrogen (secondary N) is 2. The van der Waals surface area contributed by atoms with E-state index in [1.54, 1.807) is 25.3 Å². The van der Waals surface area contributed by atoms with E-state index in [0.29, 0.717) is 28.9 Å². The highest BCUT2D eigenvalue weighted by Crippen LogP contribution is 2.34. The van der Waals surface area contributed by atoms with E-state index in [0.717, 1.165) is 17.4 Å². The van der Waals surface area contributed by atoms with Gasteiger partial charge in [0.15, 0.2) is 0 Å². The van der Waals surface area contributed by atoms with E-state index in [4.69, 9.17) is 4.74 Å². The number of ether oxygens (including phenoxy) is 1. The number of fused-ring (bicyclic) bond motifs is 3. The first-order chi connectivity index (χ1) is 11.6. The second-order valence-electron chi connectivity index (χ2n) is 6.82. The molecule has 0 radical (unpaired) electrons. The summed E-state index contributed by atoms with van der Waals surface area (Å²) < 4.78 is 6.36. The van der Waals surface area contributed by atoms with Crippen molar-refractivity contribution in [2.45, 2.75) is 43.8 Å². The number of aromatic nitrogens is 2. The van der Waals surface area contributed by atoms with Crippen molar-refractivity contribution in [1.29, 1.82) is 0 Å². The highest BCUT2D eigenvalue weighted by atomic mass is 16.5. The molecule has 3 heterocycles. The molecule has 2 bridgehead atoms. The lowest BCUT2D eigenvalue weighted by atomic mass is 9.98.